The standard InChI is InChI=1S/C13H16FN3/c1-2-17-8-7-16-13(17)10-15-9-11-5-3-4-6-12(11)14/h3-8,15H,2,9-10H2,1H3. The van der Waals surface area contributed by atoms with E-state index in [-0.39, 0.29) is 5.82 Å². The molecule has 1 heterocycles. The summed E-state index contributed by atoms with van der Waals surface area (Å²) in [6.45, 7) is 4.14. The zero-order valence-corrected chi connectivity index (χ0v) is 9.86. The van der Waals surface area contributed by atoms with Crippen LogP contribution in [0.15, 0.2) is 36.7 Å². The molecule has 0 aliphatic carbocycles. The number of imidazole rings is 1. The van der Waals surface area contributed by atoms with Crippen molar-refractivity contribution < 1.29 is 4.39 Å². The van der Waals surface area contributed by atoms with Crippen LogP contribution in [0.4, 0.5) is 4.39 Å². The maximum absolute atomic E-state index is 13.3. The number of nitrogens with zero attached hydrogens (tertiary/aromatic N) is 2. The summed E-state index contributed by atoms with van der Waals surface area (Å²) in [5.41, 5.74) is 0.683. The first-order chi connectivity index (χ1) is 8.31. The van der Waals surface area contributed by atoms with Crippen LogP contribution in [0.1, 0.15) is 18.3 Å². The molecular weight excluding hydrogens is 217 g/mol. The van der Waals surface area contributed by atoms with Crippen LogP contribution in [0.25, 0.3) is 0 Å². The Morgan fingerprint density at radius 2 is 2.12 bits per heavy atom. The van der Waals surface area contributed by atoms with E-state index in [1.807, 2.05) is 12.3 Å². The second-order valence-electron chi connectivity index (χ2n) is 3.82. The Kier molecular flexibility index (Phi) is 3.88. The number of hydrogen-bond acceptors (Lipinski definition) is 2. The van der Waals surface area contributed by atoms with Gasteiger partial charge in [-0.15, -0.1) is 0 Å². The number of aryl methyl sites for hydroxylation is 1. The highest BCUT2D eigenvalue weighted by Gasteiger charge is 2.02. The Labute approximate surface area is 100 Å². The van der Waals surface area contributed by atoms with Gasteiger partial charge in [-0.1, -0.05) is 18.2 Å². The minimum Gasteiger partial charge on any atom is -0.334 e. The van der Waals surface area contributed by atoms with Crippen molar-refractivity contribution >= 4 is 0 Å². The van der Waals surface area contributed by atoms with E-state index >= 15 is 0 Å². The molecule has 1 N–H and O–H groups in total. The van der Waals surface area contributed by atoms with Gasteiger partial charge in [-0.3, -0.25) is 0 Å². The maximum atomic E-state index is 13.3. The summed E-state index contributed by atoms with van der Waals surface area (Å²) in [6, 6.07) is 6.80. The van der Waals surface area contributed by atoms with E-state index in [2.05, 4.69) is 21.8 Å². The first-order valence-corrected chi connectivity index (χ1v) is 5.75. The van der Waals surface area contributed by atoms with Crippen LogP contribution in [-0.2, 0) is 19.6 Å². The van der Waals surface area contributed by atoms with Gasteiger partial charge in [0.05, 0.1) is 6.54 Å². The molecule has 2 aromatic rings. The molecule has 0 atom stereocenters. The van der Waals surface area contributed by atoms with Crippen molar-refractivity contribution in [3.8, 4) is 0 Å². The van der Waals surface area contributed by atoms with Crippen molar-refractivity contribution in [2.24, 2.45) is 0 Å². The lowest BCUT2D eigenvalue weighted by Gasteiger charge is -2.07. The predicted molar refractivity (Wildman–Crippen MR) is 64.8 cm³/mol. The molecule has 0 fully saturated rings. The minimum atomic E-state index is -0.168. The van der Waals surface area contributed by atoms with Crippen molar-refractivity contribution in [2.45, 2.75) is 26.6 Å². The second-order valence-corrected chi connectivity index (χ2v) is 3.82. The summed E-state index contributed by atoms with van der Waals surface area (Å²) < 4.78 is 15.4. The summed E-state index contributed by atoms with van der Waals surface area (Å²) >= 11 is 0. The van der Waals surface area contributed by atoms with Gasteiger partial charge in [0.25, 0.3) is 0 Å². The Morgan fingerprint density at radius 3 is 2.88 bits per heavy atom. The molecule has 0 aliphatic rings. The van der Waals surface area contributed by atoms with E-state index < -0.39 is 0 Å². The first-order valence-electron chi connectivity index (χ1n) is 5.75. The number of benzene rings is 1. The van der Waals surface area contributed by atoms with Gasteiger partial charge in [0.2, 0.25) is 0 Å². The average Bonchev–Trinajstić information content (AvgIpc) is 2.79. The third kappa shape index (κ3) is 2.91. The summed E-state index contributed by atoms with van der Waals surface area (Å²) in [5, 5.41) is 3.20. The van der Waals surface area contributed by atoms with Gasteiger partial charge in [0, 0.05) is 31.0 Å². The Bertz CT molecular complexity index is 479. The van der Waals surface area contributed by atoms with Gasteiger partial charge in [-0.05, 0) is 13.0 Å². The summed E-state index contributed by atoms with van der Waals surface area (Å²) in [7, 11) is 0. The molecule has 90 valence electrons. The molecule has 0 radical (unpaired) electrons. The number of halogens is 1. The van der Waals surface area contributed by atoms with Crippen molar-refractivity contribution in [1.29, 1.82) is 0 Å². The molecule has 0 spiro atoms. The molecule has 1 aromatic heterocycles. The van der Waals surface area contributed by atoms with E-state index in [0.717, 1.165) is 12.4 Å². The highest BCUT2D eigenvalue weighted by atomic mass is 19.1. The Hall–Kier alpha value is -1.68. The first kappa shape index (κ1) is 11.8. The van der Waals surface area contributed by atoms with Crippen LogP contribution in [-0.4, -0.2) is 9.55 Å². The number of hydrogen-bond donors (Lipinski definition) is 1. The fraction of sp³-hybridized carbons (Fsp3) is 0.308. The van der Waals surface area contributed by atoms with Crippen molar-refractivity contribution in [1.82, 2.24) is 14.9 Å². The molecule has 0 unspecified atom stereocenters. The zero-order valence-electron chi connectivity index (χ0n) is 9.86. The van der Waals surface area contributed by atoms with Crippen molar-refractivity contribution in [2.75, 3.05) is 0 Å². The van der Waals surface area contributed by atoms with Gasteiger partial charge in [0.15, 0.2) is 0 Å². The molecule has 0 bridgehead atoms. The van der Waals surface area contributed by atoms with Crippen LogP contribution >= 0.6 is 0 Å². The molecule has 17 heavy (non-hydrogen) atoms. The Balaban J connectivity index is 1.90. The molecule has 0 aliphatic heterocycles. The van der Waals surface area contributed by atoms with Crippen LogP contribution < -0.4 is 5.32 Å². The molecule has 3 nitrogen and oxygen atoms in total. The lowest BCUT2D eigenvalue weighted by atomic mass is 10.2. The molecule has 0 saturated heterocycles. The van der Waals surface area contributed by atoms with Crippen molar-refractivity contribution in [3.05, 3.63) is 53.9 Å². The fourth-order valence-electron chi connectivity index (χ4n) is 1.75. The zero-order chi connectivity index (χ0) is 12.1. The normalized spacial score (nSPS) is 10.7. The van der Waals surface area contributed by atoms with Gasteiger partial charge in [-0.25, -0.2) is 9.37 Å². The molecule has 4 heteroatoms. The Morgan fingerprint density at radius 1 is 1.29 bits per heavy atom. The van der Waals surface area contributed by atoms with Gasteiger partial charge >= 0.3 is 0 Å². The minimum absolute atomic E-state index is 0.168. The molecule has 0 amide bonds. The lowest BCUT2D eigenvalue weighted by molar-refractivity contribution is 0.572. The largest absolute Gasteiger partial charge is 0.334 e. The SMILES string of the molecule is CCn1ccnc1CNCc1ccccc1F. The quantitative estimate of drug-likeness (QED) is 0.859. The maximum Gasteiger partial charge on any atom is 0.127 e. The molecule has 1 aromatic carbocycles. The van der Waals surface area contributed by atoms with Crippen molar-refractivity contribution in [3.63, 3.8) is 0 Å². The summed E-state index contributed by atoms with van der Waals surface area (Å²) in [6.07, 6.45) is 3.73. The fourth-order valence-corrected chi connectivity index (χ4v) is 1.75. The third-order valence-corrected chi connectivity index (χ3v) is 2.70. The monoisotopic (exact) mass is 233 g/mol. The van der Waals surface area contributed by atoms with Crippen LogP contribution in [0, 0.1) is 5.82 Å². The van der Waals surface area contributed by atoms with Gasteiger partial charge in [-0.2, -0.15) is 0 Å². The second kappa shape index (κ2) is 5.59. The van der Waals surface area contributed by atoms with Gasteiger partial charge < -0.3 is 9.88 Å². The summed E-state index contributed by atoms with van der Waals surface area (Å²) in [4.78, 5) is 4.25. The predicted octanol–water partition coefficient (Wildman–Crippen LogP) is 2.33. The van der Waals surface area contributed by atoms with E-state index in [9.17, 15) is 4.39 Å². The number of aromatic nitrogens is 2. The number of rotatable bonds is 5. The highest BCUT2D eigenvalue weighted by Crippen LogP contribution is 2.06. The van der Waals surface area contributed by atoms with Gasteiger partial charge in [0.1, 0.15) is 11.6 Å². The van der Waals surface area contributed by atoms with Crippen LogP contribution in [0.3, 0.4) is 0 Å². The van der Waals surface area contributed by atoms with Crippen LogP contribution in [0.2, 0.25) is 0 Å². The molecular formula is C13H16FN3. The highest BCUT2D eigenvalue weighted by molar-refractivity contribution is 5.16. The smallest absolute Gasteiger partial charge is 0.127 e. The third-order valence-electron chi connectivity index (χ3n) is 2.70. The molecule has 2 rings (SSSR count). The van der Waals surface area contributed by atoms with Crippen LogP contribution in [0.5, 0.6) is 0 Å². The average molecular weight is 233 g/mol. The molecule has 0 saturated carbocycles. The van der Waals surface area contributed by atoms with E-state index in [0.29, 0.717) is 18.7 Å². The number of nitrogens with one attached hydrogen (secondary N) is 1. The van der Waals surface area contributed by atoms with E-state index in [4.69, 9.17) is 0 Å². The topological polar surface area (TPSA) is 29.9 Å². The lowest BCUT2D eigenvalue weighted by Crippen LogP contribution is -2.17. The van der Waals surface area contributed by atoms with E-state index in [1.54, 1.807) is 18.3 Å². The van der Waals surface area contributed by atoms with E-state index in [1.165, 1.54) is 6.07 Å². The summed E-state index contributed by atoms with van der Waals surface area (Å²) in [5.74, 6) is 0.808.